The Morgan fingerprint density at radius 3 is 2.80 bits per heavy atom. The van der Waals surface area contributed by atoms with E-state index in [0.29, 0.717) is 6.04 Å². The second-order valence-corrected chi connectivity index (χ2v) is 5.07. The molecule has 20 heavy (non-hydrogen) atoms. The average Bonchev–Trinajstić information content (AvgIpc) is 2.98. The zero-order chi connectivity index (χ0) is 14.5. The molecule has 0 radical (unpaired) electrons. The zero-order valence-electron chi connectivity index (χ0n) is 11.5. The normalized spacial score (nSPS) is 16.6. The van der Waals surface area contributed by atoms with Crippen molar-refractivity contribution >= 4 is 11.4 Å². The molecule has 1 fully saturated rings. The molecule has 6 heteroatoms. The van der Waals surface area contributed by atoms with Gasteiger partial charge in [0.2, 0.25) is 0 Å². The molecule has 0 aromatic heterocycles. The van der Waals surface area contributed by atoms with Gasteiger partial charge in [-0.05, 0) is 45.0 Å². The van der Waals surface area contributed by atoms with Crippen LogP contribution in [0.1, 0.15) is 25.3 Å². The summed E-state index contributed by atoms with van der Waals surface area (Å²) in [5.41, 5.74) is 0.692. The first-order chi connectivity index (χ1) is 9.61. The number of rotatable bonds is 5. The van der Waals surface area contributed by atoms with E-state index in [2.05, 4.69) is 17.1 Å². The maximum Gasteiger partial charge on any atom is 0.287 e. The summed E-state index contributed by atoms with van der Waals surface area (Å²) in [7, 11) is 0. The Balaban J connectivity index is 1.99. The highest BCUT2D eigenvalue weighted by Gasteiger charge is 2.18. The van der Waals surface area contributed by atoms with Crippen LogP contribution in [0.4, 0.5) is 11.4 Å². The molecule has 106 valence electrons. The topological polar surface area (TPSA) is 82.2 Å². The predicted molar refractivity (Wildman–Crippen MR) is 76.6 cm³/mol. The van der Waals surface area contributed by atoms with Crippen molar-refractivity contribution in [1.29, 1.82) is 5.26 Å². The molecule has 1 unspecified atom stereocenters. The van der Waals surface area contributed by atoms with Crippen LogP contribution in [0.5, 0.6) is 0 Å². The molecule has 6 nitrogen and oxygen atoms in total. The molecule has 0 aliphatic carbocycles. The number of hydrogen-bond donors (Lipinski definition) is 1. The third-order valence-corrected chi connectivity index (χ3v) is 3.68. The molecule has 1 atom stereocenters. The highest BCUT2D eigenvalue weighted by atomic mass is 16.6. The molecule has 0 bridgehead atoms. The summed E-state index contributed by atoms with van der Waals surface area (Å²) >= 11 is 0. The van der Waals surface area contributed by atoms with E-state index < -0.39 is 4.92 Å². The van der Waals surface area contributed by atoms with E-state index in [1.54, 1.807) is 6.07 Å². The van der Waals surface area contributed by atoms with E-state index in [0.717, 1.165) is 25.3 Å². The van der Waals surface area contributed by atoms with E-state index in [1.807, 2.05) is 6.07 Å². The number of nitriles is 1. The SMILES string of the molecule is CC(CNc1ccc([N+](=O)[O-])c(C#N)c1)N1CCCC1. The lowest BCUT2D eigenvalue weighted by atomic mass is 10.1. The first-order valence-corrected chi connectivity index (χ1v) is 6.78. The van der Waals surface area contributed by atoms with Gasteiger partial charge in [-0.3, -0.25) is 15.0 Å². The van der Waals surface area contributed by atoms with Gasteiger partial charge in [0.05, 0.1) is 4.92 Å². The van der Waals surface area contributed by atoms with Crippen LogP contribution in [-0.4, -0.2) is 35.5 Å². The Morgan fingerprint density at radius 2 is 2.20 bits per heavy atom. The van der Waals surface area contributed by atoms with Crippen LogP contribution >= 0.6 is 0 Å². The number of benzene rings is 1. The minimum atomic E-state index is -0.533. The monoisotopic (exact) mass is 274 g/mol. The summed E-state index contributed by atoms with van der Waals surface area (Å²) in [6.07, 6.45) is 2.50. The molecule has 0 saturated carbocycles. The lowest BCUT2D eigenvalue weighted by Gasteiger charge is -2.24. The Hall–Kier alpha value is -2.13. The van der Waals surface area contributed by atoms with E-state index in [1.165, 1.54) is 25.0 Å². The van der Waals surface area contributed by atoms with Crippen molar-refractivity contribution in [3.05, 3.63) is 33.9 Å². The van der Waals surface area contributed by atoms with Gasteiger partial charge in [-0.1, -0.05) is 0 Å². The average molecular weight is 274 g/mol. The first-order valence-electron chi connectivity index (χ1n) is 6.78. The smallest absolute Gasteiger partial charge is 0.287 e. The molecular weight excluding hydrogens is 256 g/mol. The molecule has 2 rings (SSSR count). The molecule has 1 N–H and O–H groups in total. The van der Waals surface area contributed by atoms with Crippen LogP contribution in [0.25, 0.3) is 0 Å². The standard InChI is InChI=1S/C14H18N4O2/c1-11(17-6-2-3-7-17)10-16-13-4-5-14(18(19)20)12(8-13)9-15/h4-5,8,11,16H,2-3,6-7,10H2,1H3. The Labute approximate surface area is 118 Å². The molecule has 0 amide bonds. The van der Waals surface area contributed by atoms with Gasteiger partial charge >= 0.3 is 0 Å². The maximum atomic E-state index is 10.8. The third kappa shape index (κ3) is 3.25. The van der Waals surface area contributed by atoms with Gasteiger partial charge in [0.15, 0.2) is 0 Å². The minimum Gasteiger partial charge on any atom is -0.383 e. The minimum absolute atomic E-state index is 0.0915. The summed E-state index contributed by atoms with van der Waals surface area (Å²) in [6, 6.07) is 6.84. The first kappa shape index (κ1) is 14.3. The van der Waals surface area contributed by atoms with E-state index in [4.69, 9.17) is 5.26 Å². The number of nitrogens with zero attached hydrogens (tertiary/aromatic N) is 3. The van der Waals surface area contributed by atoms with Gasteiger partial charge in [0.1, 0.15) is 11.6 Å². The Morgan fingerprint density at radius 1 is 1.50 bits per heavy atom. The second kappa shape index (κ2) is 6.35. The van der Waals surface area contributed by atoms with Crippen LogP contribution in [0.2, 0.25) is 0 Å². The molecule has 1 aliphatic rings. The molecule has 0 spiro atoms. The Kier molecular flexibility index (Phi) is 4.53. The van der Waals surface area contributed by atoms with Crippen molar-refractivity contribution in [2.45, 2.75) is 25.8 Å². The van der Waals surface area contributed by atoms with E-state index >= 15 is 0 Å². The van der Waals surface area contributed by atoms with Crippen LogP contribution < -0.4 is 5.32 Å². The van der Waals surface area contributed by atoms with Crippen molar-refractivity contribution in [3.8, 4) is 6.07 Å². The largest absolute Gasteiger partial charge is 0.383 e. The predicted octanol–water partition coefficient (Wildman–Crippen LogP) is 2.36. The number of nitro groups is 1. The maximum absolute atomic E-state index is 10.8. The number of hydrogen-bond acceptors (Lipinski definition) is 5. The van der Waals surface area contributed by atoms with Crippen molar-refractivity contribution < 1.29 is 4.92 Å². The summed E-state index contributed by atoms with van der Waals surface area (Å²) in [5, 5.41) is 23.0. The highest BCUT2D eigenvalue weighted by molar-refractivity contribution is 5.58. The highest BCUT2D eigenvalue weighted by Crippen LogP contribution is 2.22. The number of nitro benzene ring substituents is 1. The van der Waals surface area contributed by atoms with Crippen molar-refractivity contribution in [1.82, 2.24) is 4.90 Å². The Bertz CT molecular complexity index is 532. The van der Waals surface area contributed by atoms with Crippen molar-refractivity contribution in [3.63, 3.8) is 0 Å². The summed E-state index contributed by atoms with van der Waals surface area (Å²) in [4.78, 5) is 12.6. The summed E-state index contributed by atoms with van der Waals surface area (Å²) in [6.45, 7) is 5.19. The number of likely N-dealkylation sites (tertiary alicyclic amines) is 1. The van der Waals surface area contributed by atoms with E-state index in [-0.39, 0.29) is 11.3 Å². The summed E-state index contributed by atoms with van der Waals surface area (Å²) in [5.74, 6) is 0. The zero-order valence-corrected chi connectivity index (χ0v) is 11.5. The van der Waals surface area contributed by atoms with Crippen molar-refractivity contribution in [2.24, 2.45) is 0 Å². The molecule has 1 heterocycles. The fraction of sp³-hybridized carbons (Fsp3) is 0.500. The fourth-order valence-corrected chi connectivity index (χ4v) is 2.47. The lowest BCUT2D eigenvalue weighted by molar-refractivity contribution is -0.385. The molecule has 1 aliphatic heterocycles. The molecule has 1 aromatic rings. The van der Waals surface area contributed by atoms with Gasteiger partial charge < -0.3 is 5.32 Å². The quantitative estimate of drug-likeness (QED) is 0.658. The van der Waals surface area contributed by atoms with Gasteiger partial charge in [0.25, 0.3) is 5.69 Å². The van der Waals surface area contributed by atoms with E-state index in [9.17, 15) is 10.1 Å². The van der Waals surface area contributed by atoms with Crippen LogP contribution in [0, 0.1) is 21.4 Å². The molecule has 1 aromatic carbocycles. The molecule has 1 saturated heterocycles. The fourth-order valence-electron chi connectivity index (χ4n) is 2.47. The molecular formula is C14H18N4O2. The number of nitrogens with one attached hydrogen (secondary N) is 1. The number of anilines is 1. The van der Waals surface area contributed by atoms with Crippen LogP contribution in [0.3, 0.4) is 0 Å². The van der Waals surface area contributed by atoms with Gasteiger partial charge in [-0.15, -0.1) is 0 Å². The lowest BCUT2D eigenvalue weighted by Crippen LogP contribution is -2.35. The summed E-state index contributed by atoms with van der Waals surface area (Å²) < 4.78 is 0. The van der Waals surface area contributed by atoms with Crippen LogP contribution in [0.15, 0.2) is 18.2 Å². The van der Waals surface area contributed by atoms with Crippen LogP contribution in [-0.2, 0) is 0 Å². The van der Waals surface area contributed by atoms with Gasteiger partial charge in [-0.2, -0.15) is 5.26 Å². The van der Waals surface area contributed by atoms with Gasteiger partial charge in [0, 0.05) is 24.3 Å². The third-order valence-electron chi connectivity index (χ3n) is 3.68. The second-order valence-electron chi connectivity index (χ2n) is 5.07. The van der Waals surface area contributed by atoms with Gasteiger partial charge in [-0.25, -0.2) is 0 Å². The van der Waals surface area contributed by atoms with Crippen molar-refractivity contribution in [2.75, 3.05) is 25.0 Å².